The van der Waals surface area contributed by atoms with E-state index >= 15 is 0 Å². The van der Waals surface area contributed by atoms with Gasteiger partial charge in [-0.3, -0.25) is 0 Å². The molecular weight excluding hydrogens is 384 g/mol. The van der Waals surface area contributed by atoms with Crippen LogP contribution in [0.5, 0.6) is 0 Å². The number of hydrogen-bond donors (Lipinski definition) is 1. The molecule has 0 bridgehead atoms. The van der Waals surface area contributed by atoms with E-state index in [0.717, 1.165) is 10.9 Å². The van der Waals surface area contributed by atoms with Gasteiger partial charge in [-0.1, -0.05) is 30.3 Å². The first-order valence-corrected chi connectivity index (χ1v) is 8.25. The third-order valence-electron chi connectivity index (χ3n) is 3.43. The van der Waals surface area contributed by atoms with Crippen LogP contribution in [0.1, 0.15) is 17.2 Å². The smallest absolute Gasteiger partial charge is 0.131 e. The molecule has 0 saturated carbocycles. The zero-order chi connectivity index (χ0) is 14.1. The molecule has 1 aromatic heterocycles. The van der Waals surface area contributed by atoms with Crippen molar-refractivity contribution in [3.05, 3.63) is 67.7 Å². The van der Waals surface area contributed by atoms with Crippen molar-refractivity contribution in [3.63, 3.8) is 0 Å². The Morgan fingerprint density at radius 3 is 2.55 bits per heavy atom. The van der Waals surface area contributed by atoms with Gasteiger partial charge in [-0.05, 0) is 63.7 Å². The molecule has 2 aromatic carbocycles. The molecule has 1 atom stereocenters. The van der Waals surface area contributed by atoms with Crippen LogP contribution in [-0.4, -0.2) is 7.05 Å². The maximum absolute atomic E-state index is 13.9. The van der Waals surface area contributed by atoms with Gasteiger partial charge in [0.2, 0.25) is 0 Å². The molecule has 0 aliphatic heterocycles. The van der Waals surface area contributed by atoms with E-state index < -0.39 is 0 Å². The Morgan fingerprint density at radius 1 is 1.15 bits per heavy atom. The topological polar surface area (TPSA) is 12.0 Å². The van der Waals surface area contributed by atoms with Crippen LogP contribution in [0, 0.1) is 8.70 Å². The van der Waals surface area contributed by atoms with Crippen molar-refractivity contribution in [2.75, 3.05) is 7.05 Å². The van der Waals surface area contributed by atoms with E-state index in [2.05, 4.69) is 39.4 Å². The molecule has 1 N–H and O–H groups in total. The van der Waals surface area contributed by atoms with Gasteiger partial charge in [0.05, 0.1) is 8.93 Å². The lowest BCUT2D eigenvalue weighted by Gasteiger charge is -2.18. The SMILES string of the molecule is CNC(c1csc(I)c1)c1ccc(F)c2ccccc12. The number of halogens is 2. The fourth-order valence-corrected chi connectivity index (χ4v) is 3.91. The second-order valence-corrected chi connectivity index (χ2v) is 7.39. The number of nitrogens with one attached hydrogen (secondary N) is 1. The molecule has 3 aromatic rings. The van der Waals surface area contributed by atoms with E-state index in [1.807, 2.05) is 37.4 Å². The maximum atomic E-state index is 13.9. The lowest BCUT2D eigenvalue weighted by Crippen LogP contribution is -2.17. The summed E-state index contributed by atoms with van der Waals surface area (Å²) in [4.78, 5) is 0. The summed E-state index contributed by atoms with van der Waals surface area (Å²) in [6.45, 7) is 0. The average molecular weight is 397 g/mol. The molecular formula is C16H13FINS. The quantitative estimate of drug-likeness (QED) is 0.617. The van der Waals surface area contributed by atoms with Gasteiger partial charge < -0.3 is 5.32 Å². The maximum Gasteiger partial charge on any atom is 0.131 e. The van der Waals surface area contributed by atoms with Gasteiger partial charge in [0.25, 0.3) is 0 Å². The number of rotatable bonds is 3. The zero-order valence-electron chi connectivity index (χ0n) is 10.9. The van der Waals surface area contributed by atoms with Gasteiger partial charge in [-0.15, -0.1) is 11.3 Å². The highest BCUT2D eigenvalue weighted by Crippen LogP contribution is 2.32. The number of fused-ring (bicyclic) bond motifs is 1. The minimum absolute atomic E-state index is 0.0836. The molecule has 3 rings (SSSR count). The van der Waals surface area contributed by atoms with Crippen molar-refractivity contribution in [1.82, 2.24) is 5.32 Å². The normalized spacial score (nSPS) is 12.8. The van der Waals surface area contributed by atoms with Crippen LogP contribution in [0.25, 0.3) is 10.8 Å². The highest BCUT2D eigenvalue weighted by Gasteiger charge is 2.17. The Balaban J connectivity index is 2.20. The Morgan fingerprint density at radius 2 is 1.90 bits per heavy atom. The standard InChI is InChI=1S/C16H13FINS/c1-19-16(10-8-15(18)20-9-10)13-6-7-14(17)12-5-3-2-4-11(12)13/h2-9,16,19H,1H3. The summed E-state index contributed by atoms with van der Waals surface area (Å²) in [6.07, 6.45) is 0. The second kappa shape index (κ2) is 5.79. The Labute approximate surface area is 135 Å². The molecule has 0 saturated heterocycles. The summed E-state index contributed by atoms with van der Waals surface area (Å²) in [5.74, 6) is -0.167. The molecule has 1 unspecified atom stereocenters. The zero-order valence-corrected chi connectivity index (χ0v) is 13.8. The molecule has 1 heterocycles. The van der Waals surface area contributed by atoms with E-state index in [9.17, 15) is 4.39 Å². The highest BCUT2D eigenvalue weighted by molar-refractivity contribution is 14.1. The van der Waals surface area contributed by atoms with Crippen LogP contribution < -0.4 is 5.32 Å². The van der Waals surface area contributed by atoms with Gasteiger partial charge >= 0.3 is 0 Å². The van der Waals surface area contributed by atoms with Gasteiger partial charge in [-0.2, -0.15) is 0 Å². The predicted molar refractivity (Wildman–Crippen MR) is 91.8 cm³/mol. The third-order valence-corrected chi connectivity index (χ3v) is 5.23. The lowest BCUT2D eigenvalue weighted by molar-refractivity contribution is 0.637. The van der Waals surface area contributed by atoms with Crippen LogP contribution in [0.4, 0.5) is 4.39 Å². The van der Waals surface area contributed by atoms with Crippen molar-refractivity contribution < 1.29 is 4.39 Å². The van der Waals surface area contributed by atoms with Gasteiger partial charge in [-0.25, -0.2) is 4.39 Å². The van der Waals surface area contributed by atoms with E-state index in [1.54, 1.807) is 17.4 Å². The van der Waals surface area contributed by atoms with Crippen LogP contribution in [-0.2, 0) is 0 Å². The summed E-state index contributed by atoms with van der Waals surface area (Å²) in [5.41, 5.74) is 2.33. The number of benzene rings is 2. The minimum atomic E-state index is -0.167. The Bertz CT molecular complexity index is 753. The molecule has 0 fully saturated rings. The first-order valence-electron chi connectivity index (χ1n) is 6.29. The van der Waals surface area contributed by atoms with Crippen molar-refractivity contribution in [2.24, 2.45) is 0 Å². The fraction of sp³-hybridized carbons (Fsp3) is 0.125. The fourth-order valence-electron chi connectivity index (χ4n) is 2.51. The number of thiophene rings is 1. The Hall–Kier alpha value is -0.980. The molecule has 1 nitrogen and oxygen atoms in total. The van der Waals surface area contributed by atoms with Crippen LogP contribution in [0.2, 0.25) is 0 Å². The number of hydrogen-bond acceptors (Lipinski definition) is 2. The summed E-state index contributed by atoms with van der Waals surface area (Å²) in [6, 6.07) is 13.3. The monoisotopic (exact) mass is 397 g/mol. The Kier molecular flexibility index (Phi) is 4.05. The highest BCUT2D eigenvalue weighted by atomic mass is 127. The lowest BCUT2D eigenvalue weighted by atomic mass is 9.95. The summed E-state index contributed by atoms with van der Waals surface area (Å²) in [7, 11) is 1.94. The van der Waals surface area contributed by atoms with Crippen LogP contribution >= 0.6 is 33.9 Å². The van der Waals surface area contributed by atoms with E-state index in [4.69, 9.17) is 0 Å². The molecule has 0 aliphatic carbocycles. The van der Waals surface area contributed by atoms with Gasteiger partial charge in [0, 0.05) is 5.39 Å². The largest absolute Gasteiger partial charge is 0.309 e. The average Bonchev–Trinajstić information content (AvgIpc) is 2.89. The molecule has 0 aliphatic rings. The van der Waals surface area contributed by atoms with Crippen LogP contribution in [0.3, 0.4) is 0 Å². The summed E-state index contributed by atoms with van der Waals surface area (Å²) in [5, 5.41) is 7.14. The van der Waals surface area contributed by atoms with Crippen LogP contribution in [0.15, 0.2) is 47.8 Å². The predicted octanol–water partition coefficient (Wildman–Crippen LogP) is 4.95. The van der Waals surface area contributed by atoms with Crippen molar-refractivity contribution in [3.8, 4) is 0 Å². The first kappa shape index (κ1) is 14.0. The molecule has 102 valence electrons. The van der Waals surface area contributed by atoms with Crippen molar-refractivity contribution in [1.29, 1.82) is 0 Å². The molecule has 0 spiro atoms. The molecule has 0 radical (unpaired) electrons. The molecule has 20 heavy (non-hydrogen) atoms. The minimum Gasteiger partial charge on any atom is -0.309 e. The van der Waals surface area contributed by atoms with Gasteiger partial charge in [0.1, 0.15) is 5.82 Å². The molecule has 0 amide bonds. The van der Waals surface area contributed by atoms with E-state index in [-0.39, 0.29) is 11.9 Å². The third kappa shape index (κ3) is 2.47. The molecule has 4 heteroatoms. The summed E-state index contributed by atoms with van der Waals surface area (Å²) >= 11 is 4.05. The second-order valence-electron chi connectivity index (χ2n) is 4.59. The van der Waals surface area contributed by atoms with Gasteiger partial charge in [0.15, 0.2) is 0 Å². The van der Waals surface area contributed by atoms with E-state index in [0.29, 0.717) is 5.39 Å². The van der Waals surface area contributed by atoms with Crippen molar-refractivity contribution >= 4 is 44.7 Å². The van der Waals surface area contributed by atoms with Crippen molar-refractivity contribution in [2.45, 2.75) is 6.04 Å². The van der Waals surface area contributed by atoms with E-state index in [1.165, 1.54) is 8.45 Å². The first-order chi connectivity index (χ1) is 9.70. The summed E-state index contributed by atoms with van der Waals surface area (Å²) < 4.78 is 15.2.